The quantitative estimate of drug-likeness (QED) is 0.270. The number of nitrogens with one attached hydrogen (secondary N) is 1. The zero-order valence-electron chi connectivity index (χ0n) is 21.8. The second-order valence-corrected chi connectivity index (χ2v) is 13.0. The number of aryl methyl sites for hydroxylation is 2. The number of imidazole rings is 1. The highest BCUT2D eigenvalue weighted by molar-refractivity contribution is 7.89. The van der Waals surface area contributed by atoms with Gasteiger partial charge in [0.15, 0.2) is 0 Å². The lowest BCUT2D eigenvalue weighted by atomic mass is 10.1. The van der Waals surface area contributed by atoms with Crippen LogP contribution in [0, 0.1) is 5.92 Å². The number of aromatic nitrogens is 2. The number of sulfonamides is 1. The van der Waals surface area contributed by atoms with Crippen LogP contribution in [0.5, 0.6) is 0 Å². The fourth-order valence-corrected chi connectivity index (χ4v) is 7.18. The van der Waals surface area contributed by atoms with E-state index in [0.717, 1.165) is 41.0 Å². The van der Waals surface area contributed by atoms with E-state index in [-0.39, 0.29) is 22.6 Å². The van der Waals surface area contributed by atoms with Crippen LogP contribution in [0.4, 0.5) is 5.69 Å². The normalized spacial score (nSPS) is 19.8. The molecule has 6 rings (SSSR count). The molecule has 10 heteroatoms. The van der Waals surface area contributed by atoms with E-state index in [4.69, 9.17) is 23.2 Å². The van der Waals surface area contributed by atoms with Gasteiger partial charge < -0.3 is 9.47 Å². The monoisotopic (exact) mass is 594 g/mol. The maximum atomic E-state index is 14.0. The predicted molar refractivity (Wildman–Crippen MR) is 156 cm³/mol. The molecule has 0 saturated heterocycles. The minimum atomic E-state index is -3.79. The minimum Gasteiger partial charge on any atom is -0.337 e. The summed E-state index contributed by atoms with van der Waals surface area (Å²) in [5.74, 6) is 0.778. The Morgan fingerprint density at radius 1 is 1.07 bits per heavy atom. The van der Waals surface area contributed by atoms with Gasteiger partial charge in [0.2, 0.25) is 15.9 Å². The summed E-state index contributed by atoms with van der Waals surface area (Å²) >= 11 is 12.1. The molecular weight excluding hydrogens is 567 g/mol. The molecule has 40 heavy (non-hydrogen) atoms. The van der Waals surface area contributed by atoms with Gasteiger partial charge in [-0.3, -0.25) is 4.79 Å². The maximum Gasteiger partial charge on any atom is 0.241 e. The first-order valence-corrected chi connectivity index (χ1v) is 15.4. The third kappa shape index (κ3) is 5.41. The van der Waals surface area contributed by atoms with Crippen molar-refractivity contribution in [3.05, 3.63) is 112 Å². The fourth-order valence-electron chi connectivity index (χ4n) is 5.50. The molecule has 3 atom stereocenters. The van der Waals surface area contributed by atoms with Crippen LogP contribution in [0.1, 0.15) is 47.3 Å². The van der Waals surface area contributed by atoms with Crippen molar-refractivity contribution in [2.45, 2.75) is 42.7 Å². The number of nitrogens with zero attached hydrogens (tertiary/aromatic N) is 3. The van der Waals surface area contributed by atoms with Crippen LogP contribution in [-0.2, 0) is 34.8 Å². The largest absolute Gasteiger partial charge is 0.337 e. The van der Waals surface area contributed by atoms with Gasteiger partial charge in [0, 0.05) is 47.1 Å². The summed E-state index contributed by atoms with van der Waals surface area (Å²) in [5, 5.41) is 1.03. The summed E-state index contributed by atoms with van der Waals surface area (Å²) in [4.78, 5) is 20.3. The molecule has 2 aliphatic rings. The number of fused-ring (bicyclic) bond motifs is 1. The molecule has 1 aromatic heterocycles. The van der Waals surface area contributed by atoms with E-state index in [1.54, 1.807) is 23.2 Å². The number of carbonyl (C=O) groups is 1. The molecule has 1 saturated carbocycles. The van der Waals surface area contributed by atoms with Crippen LogP contribution in [0.15, 0.2) is 84.0 Å². The summed E-state index contributed by atoms with van der Waals surface area (Å²) in [7, 11) is -1.88. The molecule has 206 valence electrons. The Kier molecular flexibility index (Phi) is 7.21. The molecule has 3 aromatic carbocycles. The third-order valence-electron chi connectivity index (χ3n) is 7.82. The first-order valence-electron chi connectivity index (χ1n) is 13.1. The molecule has 0 bridgehead atoms. The Morgan fingerprint density at radius 2 is 1.88 bits per heavy atom. The van der Waals surface area contributed by atoms with Gasteiger partial charge in [-0.2, -0.15) is 0 Å². The Bertz CT molecular complexity index is 1690. The number of amides is 1. The van der Waals surface area contributed by atoms with Gasteiger partial charge in [0.25, 0.3) is 0 Å². The van der Waals surface area contributed by atoms with Gasteiger partial charge in [0.1, 0.15) is 5.82 Å². The Morgan fingerprint density at radius 3 is 2.60 bits per heavy atom. The van der Waals surface area contributed by atoms with Crippen molar-refractivity contribution in [2.24, 2.45) is 13.0 Å². The highest BCUT2D eigenvalue weighted by Crippen LogP contribution is 2.49. The Hall–Kier alpha value is -3.17. The molecular formula is C30H28Cl2N4O3S. The molecule has 0 aliphatic heterocycles. The average molecular weight is 596 g/mol. The predicted octanol–water partition coefficient (Wildman–Crippen LogP) is 6.03. The molecule has 0 spiro atoms. The van der Waals surface area contributed by atoms with E-state index in [9.17, 15) is 13.2 Å². The smallest absolute Gasteiger partial charge is 0.241 e. The second kappa shape index (κ2) is 10.7. The zero-order chi connectivity index (χ0) is 28.0. The third-order valence-corrected chi connectivity index (χ3v) is 9.77. The van der Waals surface area contributed by atoms with Gasteiger partial charge in [0.05, 0.1) is 11.4 Å². The standard InChI is InChI=1S/C30H28Cl2N4O3S/c1-35-14-13-33-29(35)18-36(30(37)27-17-25(27)19-5-9-21(31)10-6-19)23-11-7-20-8-12-28(26(20)16-23)34-40(38,39)24-4-2-3-22(32)15-24/h2-7,9-11,13-16,25,27-28,34H,8,12,17-18H2,1H3/t25-,27+,28-/m1/s1. The summed E-state index contributed by atoms with van der Waals surface area (Å²) in [6.45, 7) is 0.309. The molecule has 4 aromatic rings. The van der Waals surface area contributed by atoms with Crippen molar-refractivity contribution in [3.8, 4) is 0 Å². The van der Waals surface area contributed by atoms with Gasteiger partial charge >= 0.3 is 0 Å². The van der Waals surface area contributed by atoms with Gasteiger partial charge in [-0.1, -0.05) is 47.5 Å². The summed E-state index contributed by atoms with van der Waals surface area (Å²) in [5.41, 5.74) is 3.77. The lowest BCUT2D eigenvalue weighted by Crippen LogP contribution is -2.33. The van der Waals surface area contributed by atoms with Crippen LogP contribution in [0.25, 0.3) is 0 Å². The first-order chi connectivity index (χ1) is 19.2. The molecule has 1 N–H and O–H groups in total. The van der Waals surface area contributed by atoms with Crippen molar-refractivity contribution >= 4 is 44.8 Å². The van der Waals surface area contributed by atoms with Gasteiger partial charge in [-0.05, 0) is 84.3 Å². The number of benzene rings is 3. The van der Waals surface area contributed by atoms with Crippen molar-refractivity contribution in [1.82, 2.24) is 14.3 Å². The lowest BCUT2D eigenvalue weighted by Gasteiger charge is -2.25. The van der Waals surface area contributed by atoms with E-state index >= 15 is 0 Å². The SMILES string of the molecule is Cn1ccnc1CN(C(=O)[C@H]1C[C@@H]1c1ccc(Cl)cc1)c1ccc2c(c1)[C@H](NS(=O)(=O)c1cccc(Cl)c1)CC2. The van der Waals surface area contributed by atoms with Crippen molar-refractivity contribution in [1.29, 1.82) is 0 Å². The number of hydrogen-bond donors (Lipinski definition) is 1. The van der Waals surface area contributed by atoms with Crippen LogP contribution >= 0.6 is 23.2 Å². The number of anilines is 1. The molecule has 7 nitrogen and oxygen atoms in total. The van der Waals surface area contributed by atoms with E-state index in [0.29, 0.717) is 23.0 Å². The van der Waals surface area contributed by atoms with Gasteiger partial charge in [-0.25, -0.2) is 18.1 Å². The number of halogens is 2. The summed E-state index contributed by atoms with van der Waals surface area (Å²) in [6.07, 6.45) is 5.72. The summed E-state index contributed by atoms with van der Waals surface area (Å²) < 4.78 is 31.1. The number of carbonyl (C=O) groups excluding carboxylic acids is 1. The van der Waals surface area contributed by atoms with Crippen molar-refractivity contribution < 1.29 is 13.2 Å². The van der Waals surface area contributed by atoms with E-state index in [1.165, 1.54) is 12.1 Å². The topological polar surface area (TPSA) is 84.3 Å². The minimum absolute atomic E-state index is 0.0250. The average Bonchev–Trinajstić information content (AvgIpc) is 3.49. The second-order valence-electron chi connectivity index (χ2n) is 10.4. The molecule has 1 fully saturated rings. The maximum absolute atomic E-state index is 14.0. The Balaban J connectivity index is 1.29. The molecule has 1 amide bonds. The van der Waals surface area contributed by atoms with Crippen molar-refractivity contribution in [2.75, 3.05) is 4.90 Å². The van der Waals surface area contributed by atoms with E-state index in [1.807, 2.05) is 60.3 Å². The van der Waals surface area contributed by atoms with E-state index in [2.05, 4.69) is 9.71 Å². The molecule has 1 heterocycles. The highest BCUT2D eigenvalue weighted by atomic mass is 35.5. The number of rotatable bonds is 8. The molecule has 2 aliphatic carbocycles. The first kappa shape index (κ1) is 27.0. The van der Waals surface area contributed by atoms with Crippen LogP contribution in [0.2, 0.25) is 10.0 Å². The molecule has 0 unspecified atom stereocenters. The zero-order valence-corrected chi connectivity index (χ0v) is 24.1. The van der Waals surface area contributed by atoms with Crippen molar-refractivity contribution in [3.63, 3.8) is 0 Å². The lowest BCUT2D eigenvalue weighted by molar-refractivity contribution is -0.120. The van der Waals surface area contributed by atoms with E-state index < -0.39 is 16.1 Å². The number of hydrogen-bond acceptors (Lipinski definition) is 4. The van der Waals surface area contributed by atoms with Crippen LogP contribution < -0.4 is 9.62 Å². The van der Waals surface area contributed by atoms with Crippen LogP contribution in [0.3, 0.4) is 0 Å². The van der Waals surface area contributed by atoms with Gasteiger partial charge in [-0.15, -0.1) is 0 Å². The summed E-state index contributed by atoms with van der Waals surface area (Å²) in [6, 6.07) is 19.4. The molecule has 0 radical (unpaired) electrons. The Labute approximate surface area is 243 Å². The highest BCUT2D eigenvalue weighted by Gasteiger charge is 2.46. The fraction of sp³-hybridized carbons (Fsp3) is 0.267. The van der Waals surface area contributed by atoms with Crippen LogP contribution in [-0.4, -0.2) is 23.9 Å².